The van der Waals surface area contributed by atoms with E-state index in [1.54, 1.807) is 5.01 Å². The molecule has 0 aliphatic carbocycles. The molecule has 0 radical (unpaired) electrons. The average molecular weight is 444 g/mol. The lowest BCUT2D eigenvalue weighted by Crippen LogP contribution is -2.40. The minimum absolute atomic E-state index is 0.0106. The molecule has 162 valence electrons. The van der Waals surface area contributed by atoms with Gasteiger partial charge < -0.3 is 0 Å². The molecular weight excluding hydrogens is 418 g/mol. The summed E-state index contributed by atoms with van der Waals surface area (Å²) < 4.78 is 0. The monoisotopic (exact) mass is 443 g/mol. The van der Waals surface area contributed by atoms with Crippen molar-refractivity contribution in [2.75, 3.05) is 13.1 Å². The van der Waals surface area contributed by atoms with Crippen molar-refractivity contribution in [3.05, 3.63) is 106 Å². The van der Waals surface area contributed by atoms with Crippen LogP contribution in [0.2, 0.25) is 5.02 Å². The molecule has 2 aliphatic heterocycles. The molecule has 0 bridgehead atoms. The highest BCUT2D eigenvalue weighted by Crippen LogP contribution is 2.36. The Morgan fingerprint density at radius 3 is 2.50 bits per heavy atom. The summed E-state index contributed by atoms with van der Waals surface area (Å²) in [5, 5.41) is 7.14. The quantitative estimate of drug-likeness (QED) is 0.542. The van der Waals surface area contributed by atoms with Crippen molar-refractivity contribution >= 4 is 23.2 Å². The van der Waals surface area contributed by atoms with Gasteiger partial charge in [-0.05, 0) is 41.7 Å². The minimum Gasteiger partial charge on any atom is -0.290 e. The Morgan fingerprint density at radius 1 is 1.00 bits per heavy atom. The SMILES string of the molecule is Cc1ccc(C2=NN(C(=O)CN3CCc4ccccc4C3)C(c3ccccc3Cl)C2)cc1. The molecule has 32 heavy (non-hydrogen) atoms. The smallest absolute Gasteiger partial charge is 0.257 e. The third-order valence-corrected chi connectivity index (χ3v) is 6.73. The van der Waals surface area contributed by atoms with Crippen LogP contribution in [0.25, 0.3) is 0 Å². The zero-order valence-electron chi connectivity index (χ0n) is 18.2. The van der Waals surface area contributed by atoms with Crippen molar-refractivity contribution < 1.29 is 4.79 Å². The molecular formula is C27H26ClN3O. The molecule has 0 saturated heterocycles. The van der Waals surface area contributed by atoms with Crippen LogP contribution in [0.15, 0.2) is 77.9 Å². The van der Waals surface area contributed by atoms with Crippen LogP contribution >= 0.6 is 11.6 Å². The number of aryl methyl sites for hydroxylation is 1. The summed E-state index contributed by atoms with van der Waals surface area (Å²) in [5.74, 6) is 0.0106. The number of hydrazone groups is 1. The number of carbonyl (C=O) groups is 1. The van der Waals surface area contributed by atoms with E-state index in [0.717, 1.165) is 36.3 Å². The van der Waals surface area contributed by atoms with Crippen LogP contribution in [0.3, 0.4) is 0 Å². The normalized spacial score (nSPS) is 18.4. The number of hydrogen-bond acceptors (Lipinski definition) is 3. The zero-order chi connectivity index (χ0) is 22.1. The van der Waals surface area contributed by atoms with E-state index < -0.39 is 0 Å². The van der Waals surface area contributed by atoms with Crippen LogP contribution in [-0.4, -0.2) is 34.6 Å². The van der Waals surface area contributed by atoms with Gasteiger partial charge in [0.1, 0.15) is 0 Å². The van der Waals surface area contributed by atoms with E-state index in [-0.39, 0.29) is 11.9 Å². The lowest BCUT2D eigenvalue weighted by Gasteiger charge is -2.30. The molecule has 5 rings (SSSR count). The summed E-state index contributed by atoms with van der Waals surface area (Å²) in [5.41, 5.74) is 6.80. The van der Waals surface area contributed by atoms with Gasteiger partial charge >= 0.3 is 0 Å². The third kappa shape index (κ3) is 4.21. The average Bonchev–Trinajstić information content (AvgIpc) is 3.25. The molecule has 3 aromatic rings. The summed E-state index contributed by atoms with van der Waals surface area (Å²) in [6.45, 7) is 4.09. The maximum absolute atomic E-state index is 13.5. The van der Waals surface area contributed by atoms with Crippen molar-refractivity contribution in [1.29, 1.82) is 0 Å². The second-order valence-corrected chi connectivity index (χ2v) is 9.03. The van der Waals surface area contributed by atoms with Gasteiger partial charge in [-0.25, -0.2) is 5.01 Å². The second-order valence-electron chi connectivity index (χ2n) is 8.62. The van der Waals surface area contributed by atoms with Crippen LogP contribution in [0.5, 0.6) is 0 Å². The zero-order valence-corrected chi connectivity index (χ0v) is 18.9. The Labute approximate surface area is 194 Å². The molecule has 0 fully saturated rings. The number of carbonyl (C=O) groups excluding carboxylic acids is 1. The first-order chi connectivity index (χ1) is 15.6. The van der Waals surface area contributed by atoms with Crippen molar-refractivity contribution in [1.82, 2.24) is 9.91 Å². The van der Waals surface area contributed by atoms with Gasteiger partial charge in [0, 0.05) is 24.5 Å². The van der Waals surface area contributed by atoms with E-state index >= 15 is 0 Å². The number of nitrogens with zero attached hydrogens (tertiary/aromatic N) is 3. The van der Waals surface area contributed by atoms with Crippen LogP contribution in [0.4, 0.5) is 0 Å². The third-order valence-electron chi connectivity index (χ3n) is 6.38. The topological polar surface area (TPSA) is 35.9 Å². The Balaban J connectivity index is 1.41. The van der Waals surface area contributed by atoms with Crippen molar-refractivity contribution in [2.24, 2.45) is 5.10 Å². The molecule has 2 aliphatic rings. The lowest BCUT2D eigenvalue weighted by molar-refractivity contribution is -0.134. The molecule has 0 saturated carbocycles. The Morgan fingerprint density at radius 2 is 1.72 bits per heavy atom. The first kappa shape index (κ1) is 20.9. The highest BCUT2D eigenvalue weighted by molar-refractivity contribution is 6.31. The molecule has 5 heteroatoms. The fourth-order valence-electron chi connectivity index (χ4n) is 4.60. The first-order valence-electron chi connectivity index (χ1n) is 11.1. The Bertz CT molecular complexity index is 1170. The largest absolute Gasteiger partial charge is 0.290 e. The van der Waals surface area contributed by atoms with Gasteiger partial charge in [-0.1, -0.05) is 83.9 Å². The predicted molar refractivity (Wildman–Crippen MR) is 129 cm³/mol. The highest BCUT2D eigenvalue weighted by atomic mass is 35.5. The van der Waals surface area contributed by atoms with Gasteiger partial charge in [0.15, 0.2) is 0 Å². The van der Waals surface area contributed by atoms with Gasteiger partial charge in [-0.3, -0.25) is 9.69 Å². The highest BCUT2D eigenvalue weighted by Gasteiger charge is 2.35. The fourth-order valence-corrected chi connectivity index (χ4v) is 4.86. The molecule has 1 amide bonds. The Hall–Kier alpha value is -2.95. The standard InChI is InChI=1S/C27H26ClN3O/c1-19-10-12-21(13-11-19)25-16-26(23-8-4-5-9-24(23)28)31(29-25)27(32)18-30-15-14-20-6-2-3-7-22(20)17-30/h2-13,26H,14-18H2,1H3. The first-order valence-corrected chi connectivity index (χ1v) is 11.5. The van der Waals surface area contributed by atoms with E-state index in [1.165, 1.54) is 16.7 Å². The van der Waals surface area contributed by atoms with E-state index in [9.17, 15) is 4.79 Å². The summed E-state index contributed by atoms with van der Waals surface area (Å²) in [7, 11) is 0. The summed E-state index contributed by atoms with van der Waals surface area (Å²) in [6.07, 6.45) is 1.62. The molecule has 1 unspecified atom stereocenters. The van der Waals surface area contributed by atoms with E-state index in [0.29, 0.717) is 18.0 Å². The number of fused-ring (bicyclic) bond motifs is 1. The van der Waals surface area contributed by atoms with E-state index in [2.05, 4.69) is 60.4 Å². The number of benzene rings is 3. The second kappa shape index (κ2) is 8.89. The Kier molecular flexibility index (Phi) is 5.81. The van der Waals surface area contributed by atoms with Crippen LogP contribution in [0.1, 0.15) is 40.3 Å². The number of rotatable bonds is 4. The van der Waals surface area contributed by atoms with Crippen molar-refractivity contribution in [2.45, 2.75) is 32.4 Å². The van der Waals surface area contributed by atoms with Gasteiger partial charge in [0.25, 0.3) is 5.91 Å². The number of halogens is 1. The van der Waals surface area contributed by atoms with E-state index in [1.807, 2.05) is 24.3 Å². The summed E-state index contributed by atoms with van der Waals surface area (Å²) >= 11 is 6.54. The molecule has 2 heterocycles. The van der Waals surface area contributed by atoms with Gasteiger partial charge in [0.05, 0.1) is 18.3 Å². The predicted octanol–water partition coefficient (Wildman–Crippen LogP) is 5.38. The van der Waals surface area contributed by atoms with Crippen LogP contribution in [0, 0.1) is 6.92 Å². The number of amides is 1. The molecule has 0 spiro atoms. The molecule has 0 N–H and O–H groups in total. The molecule has 4 nitrogen and oxygen atoms in total. The maximum Gasteiger partial charge on any atom is 0.257 e. The van der Waals surface area contributed by atoms with Crippen LogP contribution in [-0.2, 0) is 17.8 Å². The van der Waals surface area contributed by atoms with Gasteiger partial charge in [-0.2, -0.15) is 5.10 Å². The van der Waals surface area contributed by atoms with E-state index in [4.69, 9.17) is 16.7 Å². The fraction of sp³-hybridized carbons (Fsp3) is 0.259. The van der Waals surface area contributed by atoms with Crippen molar-refractivity contribution in [3.8, 4) is 0 Å². The van der Waals surface area contributed by atoms with Gasteiger partial charge in [0.2, 0.25) is 0 Å². The summed E-state index contributed by atoms with van der Waals surface area (Å²) in [6, 6.07) is 24.4. The lowest BCUT2D eigenvalue weighted by atomic mass is 9.97. The van der Waals surface area contributed by atoms with Crippen LogP contribution < -0.4 is 0 Å². The minimum atomic E-state index is -0.190. The summed E-state index contributed by atoms with van der Waals surface area (Å²) in [4.78, 5) is 15.7. The van der Waals surface area contributed by atoms with Crippen molar-refractivity contribution in [3.63, 3.8) is 0 Å². The molecule has 1 atom stereocenters. The van der Waals surface area contributed by atoms with Gasteiger partial charge in [-0.15, -0.1) is 0 Å². The number of hydrogen-bond donors (Lipinski definition) is 0. The maximum atomic E-state index is 13.5. The molecule has 3 aromatic carbocycles. The molecule has 0 aromatic heterocycles.